The van der Waals surface area contributed by atoms with Gasteiger partial charge in [-0.25, -0.2) is 15.8 Å². The average molecular weight is 237 g/mol. The van der Waals surface area contributed by atoms with E-state index in [0.29, 0.717) is 11.9 Å². The number of rotatable bonds is 7. The summed E-state index contributed by atoms with van der Waals surface area (Å²) in [5.41, 5.74) is 3.53. The predicted molar refractivity (Wildman–Crippen MR) is 71.8 cm³/mol. The number of anilines is 2. The molecule has 1 unspecified atom stereocenters. The number of aromatic nitrogens is 2. The van der Waals surface area contributed by atoms with Crippen LogP contribution in [0.25, 0.3) is 0 Å². The summed E-state index contributed by atoms with van der Waals surface area (Å²) in [4.78, 5) is 8.29. The minimum atomic E-state index is 0.417. The molecular formula is C12H23N5. The topological polar surface area (TPSA) is 75.9 Å². The van der Waals surface area contributed by atoms with Gasteiger partial charge in [0.2, 0.25) is 0 Å². The maximum absolute atomic E-state index is 5.38. The van der Waals surface area contributed by atoms with Crippen molar-refractivity contribution in [2.45, 2.75) is 52.5 Å². The third kappa shape index (κ3) is 4.19. The molecule has 5 heteroatoms. The number of nitrogen functional groups attached to an aromatic ring is 1. The minimum absolute atomic E-state index is 0.417. The van der Waals surface area contributed by atoms with E-state index in [1.807, 2.05) is 6.92 Å². The number of nitrogens with two attached hydrogens (primary N) is 1. The molecule has 0 spiro atoms. The van der Waals surface area contributed by atoms with Gasteiger partial charge in [-0.15, -0.1) is 0 Å². The van der Waals surface area contributed by atoms with Crippen molar-refractivity contribution in [2.24, 2.45) is 5.84 Å². The summed E-state index contributed by atoms with van der Waals surface area (Å²) in [5, 5.41) is 3.40. The molecule has 0 saturated carbocycles. The van der Waals surface area contributed by atoms with Crippen LogP contribution in [0, 0.1) is 6.92 Å². The fraction of sp³-hybridized carbons (Fsp3) is 0.667. The Kier molecular flexibility index (Phi) is 5.69. The molecule has 0 amide bonds. The van der Waals surface area contributed by atoms with Gasteiger partial charge in [0.15, 0.2) is 0 Å². The Bertz CT molecular complexity index is 340. The van der Waals surface area contributed by atoms with Crippen LogP contribution in [0.1, 0.15) is 45.1 Å². The van der Waals surface area contributed by atoms with Crippen LogP contribution in [0.15, 0.2) is 6.33 Å². The van der Waals surface area contributed by atoms with E-state index in [9.17, 15) is 0 Å². The van der Waals surface area contributed by atoms with E-state index in [0.717, 1.165) is 17.8 Å². The fourth-order valence-corrected chi connectivity index (χ4v) is 1.75. The molecule has 0 aliphatic heterocycles. The Morgan fingerprint density at radius 1 is 1.29 bits per heavy atom. The van der Waals surface area contributed by atoms with E-state index >= 15 is 0 Å². The number of hydrogen-bond acceptors (Lipinski definition) is 5. The highest BCUT2D eigenvalue weighted by atomic mass is 15.3. The molecule has 1 rings (SSSR count). The summed E-state index contributed by atoms with van der Waals surface area (Å²) in [5.74, 6) is 6.91. The Morgan fingerprint density at radius 2 is 2.00 bits per heavy atom. The summed E-state index contributed by atoms with van der Waals surface area (Å²) in [6, 6.07) is 0.417. The van der Waals surface area contributed by atoms with Gasteiger partial charge in [0.25, 0.3) is 0 Å². The van der Waals surface area contributed by atoms with Crippen molar-refractivity contribution in [3.05, 3.63) is 11.9 Å². The molecule has 1 atom stereocenters. The van der Waals surface area contributed by atoms with Crippen LogP contribution in [0.2, 0.25) is 0 Å². The van der Waals surface area contributed by atoms with Gasteiger partial charge in [-0.05, 0) is 20.3 Å². The van der Waals surface area contributed by atoms with Crippen molar-refractivity contribution in [2.75, 3.05) is 10.7 Å². The number of hydrazine groups is 1. The third-order valence-electron chi connectivity index (χ3n) is 2.84. The first-order valence-electron chi connectivity index (χ1n) is 6.23. The lowest BCUT2D eigenvalue weighted by atomic mass is 10.1. The lowest BCUT2D eigenvalue weighted by Crippen LogP contribution is -2.18. The van der Waals surface area contributed by atoms with Crippen molar-refractivity contribution in [3.8, 4) is 0 Å². The van der Waals surface area contributed by atoms with Crippen LogP contribution in [0.5, 0.6) is 0 Å². The van der Waals surface area contributed by atoms with Gasteiger partial charge in [-0.2, -0.15) is 0 Å². The van der Waals surface area contributed by atoms with Crippen molar-refractivity contribution in [3.63, 3.8) is 0 Å². The van der Waals surface area contributed by atoms with Crippen LogP contribution >= 0.6 is 0 Å². The third-order valence-corrected chi connectivity index (χ3v) is 2.84. The molecule has 4 N–H and O–H groups in total. The van der Waals surface area contributed by atoms with Crippen molar-refractivity contribution in [1.82, 2.24) is 9.97 Å². The maximum atomic E-state index is 5.38. The molecule has 0 aliphatic carbocycles. The zero-order valence-electron chi connectivity index (χ0n) is 11.0. The highest BCUT2D eigenvalue weighted by molar-refractivity contribution is 5.56. The second kappa shape index (κ2) is 7.06. The molecule has 0 aromatic carbocycles. The van der Waals surface area contributed by atoms with E-state index in [1.54, 1.807) is 0 Å². The monoisotopic (exact) mass is 237 g/mol. The van der Waals surface area contributed by atoms with E-state index in [4.69, 9.17) is 5.84 Å². The molecule has 0 radical (unpaired) electrons. The van der Waals surface area contributed by atoms with Gasteiger partial charge in [-0.3, -0.25) is 0 Å². The molecule has 0 aliphatic rings. The molecule has 1 aromatic rings. The lowest BCUT2D eigenvalue weighted by Gasteiger charge is -2.16. The smallest absolute Gasteiger partial charge is 0.148 e. The number of nitrogens with zero attached hydrogens (tertiary/aromatic N) is 2. The fourth-order valence-electron chi connectivity index (χ4n) is 1.75. The van der Waals surface area contributed by atoms with Crippen molar-refractivity contribution >= 4 is 11.6 Å². The molecule has 0 saturated heterocycles. The Labute approximate surface area is 103 Å². The van der Waals surface area contributed by atoms with Crippen LogP contribution in [-0.2, 0) is 0 Å². The SMILES string of the molecule is CCCCCC(C)Nc1ncnc(NN)c1C. The molecule has 1 aromatic heterocycles. The van der Waals surface area contributed by atoms with Crippen molar-refractivity contribution in [1.29, 1.82) is 0 Å². The maximum Gasteiger partial charge on any atom is 0.148 e. The molecule has 1 heterocycles. The summed E-state index contributed by atoms with van der Waals surface area (Å²) >= 11 is 0. The van der Waals surface area contributed by atoms with Crippen LogP contribution < -0.4 is 16.6 Å². The minimum Gasteiger partial charge on any atom is -0.367 e. The molecule has 0 bridgehead atoms. The van der Waals surface area contributed by atoms with Crippen molar-refractivity contribution < 1.29 is 0 Å². The standard InChI is InChI=1S/C12H23N5/c1-4-5-6-7-9(2)16-11-10(3)12(17-13)15-8-14-11/h8-9H,4-7,13H2,1-3H3,(H2,14,15,16,17). The molecule has 0 fully saturated rings. The summed E-state index contributed by atoms with van der Waals surface area (Å²) in [6.07, 6.45) is 6.45. The Balaban J connectivity index is 2.55. The zero-order valence-corrected chi connectivity index (χ0v) is 11.0. The van der Waals surface area contributed by atoms with Crippen LogP contribution in [0.4, 0.5) is 11.6 Å². The van der Waals surface area contributed by atoms with Gasteiger partial charge < -0.3 is 10.7 Å². The molecule has 17 heavy (non-hydrogen) atoms. The molecular weight excluding hydrogens is 214 g/mol. The van der Waals surface area contributed by atoms with Gasteiger partial charge in [0.05, 0.1) is 0 Å². The van der Waals surface area contributed by atoms with E-state index in [1.165, 1.54) is 25.6 Å². The van der Waals surface area contributed by atoms with Crippen LogP contribution in [-0.4, -0.2) is 16.0 Å². The first-order valence-corrected chi connectivity index (χ1v) is 6.23. The van der Waals surface area contributed by atoms with Gasteiger partial charge in [-0.1, -0.05) is 26.2 Å². The van der Waals surface area contributed by atoms with Gasteiger partial charge in [0, 0.05) is 11.6 Å². The van der Waals surface area contributed by atoms with Crippen LogP contribution in [0.3, 0.4) is 0 Å². The lowest BCUT2D eigenvalue weighted by molar-refractivity contribution is 0.613. The summed E-state index contributed by atoms with van der Waals surface area (Å²) < 4.78 is 0. The number of nitrogens with one attached hydrogen (secondary N) is 2. The average Bonchev–Trinajstić information content (AvgIpc) is 2.32. The second-order valence-corrected chi connectivity index (χ2v) is 4.38. The quantitative estimate of drug-likeness (QED) is 0.386. The number of unbranched alkanes of at least 4 members (excludes halogenated alkanes) is 2. The van der Waals surface area contributed by atoms with Gasteiger partial charge in [0.1, 0.15) is 18.0 Å². The summed E-state index contributed by atoms with van der Waals surface area (Å²) in [7, 11) is 0. The first-order chi connectivity index (χ1) is 8.19. The molecule has 96 valence electrons. The normalized spacial score (nSPS) is 12.2. The van der Waals surface area contributed by atoms with E-state index < -0.39 is 0 Å². The van der Waals surface area contributed by atoms with E-state index in [-0.39, 0.29) is 0 Å². The predicted octanol–water partition coefficient (Wildman–Crippen LogP) is 2.45. The zero-order chi connectivity index (χ0) is 12.7. The highest BCUT2D eigenvalue weighted by Crippen LogP contribution is 2.18. The highest BCUT2D eigenvalue weighted by Gasteiger charge is 2.08. The largest absolute Gasteiger partial charge is 0.367 e. The molecule has 5 nitrogen and oxygen atoms in total. The summed E-state index contributed by atoms with van der Waals surface area (Å²) in [6.45, 7) is 6.34. The Hall–Kier alpha value is -1.36. The number of hydrogen-bond donors (Lipinski definition) is 3. The second-order valence-electron chi connectivity index (χ2n) is 4.38. The Morgan fingerprint density at radius 3 is 2.65 bits per heavy atom. The first kappa shape index (κ1) is 13.7. The van der Waals surface area contributed by atoms with E-state index in [2.05, 4.69) is 34.6 Å². The van der Waals surface area contributed by atoms with Gasteiger partial charge >= 0.3 is 0 Å².